The number of likely N-dealkylation sites (N-methyl/N-ethyl adjacent to an activating group) is 1. The van der Waals surface area contributed by atoms with E-state index < -0.39 is 23.0 Å². The topological polar surface area (TPSA) is 128 Å². The molecule has 2 saturated heterocycles. The monoisotopic (exact) mass is 574 g/mol. The van der Waals surface area contributed by atoms with Crippen LogP contribution < -0.4 is 15.6 Å². The van der Waals surface area contributed by atoms with Crippen LogP contribution in [0, 0.1) is 0 Å². The SMILES string of the molecule is CN1CCCN(c2ncc3c(=O)c(C(=O)NCC4CCCN4C(=O)OC(C)(C)C)c4[nH]c5ccccc5n4c3n2)CC1. The lowest BCUT2D eigenvalue weighted by molar-refractivity contribution is 0.0225. The van der Waals surface area contributed by atoms with Crippen LogP contribution in [0.1, 0.15) is 50.4 Å². The number of nitrogens with one attached hydrogen (secondary N) is 2. The van der Waals surface area contributed by atoms with Gasteiger partial charge in [0.25, 0.3) is 5.91 Å². The molecule has 1 unspecified atom stereocenters. The van der Waals surface area contributed by atoms with Gasteiger partial charge in [0.15, 0.2) is 5.65 Å². The minimum atomic E-state index is -0.611. The second-order valence-electron chi connectivity index (χ2n) is 12.3. The number of amides is 2. The van der Waals surface area contributed by atoms with E-state index in [1.165, 1.54) is 0 Å². The molecule has 2 aliphatic rings. The lowest BCUT2D eigenvalue weighted by atomic mass is 10.1. The van der Waals surface area contributed by atoms with E-state index in [9.17, 15) is 14.4 Å². The highest BCUT2D eigenvalue weighted by atomic mass is 16.6. The second-order valence-corrected chi connectivity index (χ2v) is 12.3. The molecule has 0 saturated carbocycles. The molecular formula is C30H38N8O4. The molecule has 3 aromatic heterocycles. The quantitative estimate of drug-likeness (QED) is 0.381. The molecule has 2 fully saturated rings. The number of imidazole rings is 1. The fraction of sp³-hybridized carbons (Fsp3) is 0.500. The number of para-hydroxylation sites is 2. The van der Waals surface area contributed by atoms with E-state index in [1.54, 1.807) is 11.1 Å². The van der Waals surface area contributed by atoms with Crippen LogP contribution in [0.3, 0.4) is 0 Å². The molecule has 0 radical (unpaired) electrons. The standard InChI is InChI=1S/C30H38N8O4/c1-30(2,3)42-29(41)37-14-7-9-19(37)17-31-27(40)23-24(39)20-18-32-28(36-13-8-12-35(4)15-16-36)34-25(20)38-22-11-6-5-10-21(22)33-26(23)38/h5-6,10-11,18-19,33H,7-9,12-17H2,1-4H3,(H,31,40). The summed E-state index contributed by atoms with van der Waals surface area (Å²) in [6, 6.07) is 7.44. The summed E-state index contributed by atoms with van der Waals surface area (Å²) in [6.45, 7) is 9.77. The molecule has 1 aromatic carbocycles. The Balaban J connectivity index is 1.37. The number of anilines is 1. The smallest absolute Gasteiger partial charge is 0.410 e. The highest BCUT2D eigenvalue weighted by Gasteiger charge is 2.33. The van der Waals surface area contributed by atoms with Crippen LogP contribution in [-0.4, -0.2) is 99.1 Å². The first-order valence-corrected chi connectivity index (χ1v) is 14.6. The predicted molar refractivity (Wildman–Crippen MR) is 161 cm³/mol. The first-order chi connectivity index (χ1) is 20.1. The Labute approximate surface area is 243 Å². The van der Waals surface area contributed by atoms with Gasteiger partial charge in [-0.05, 0) is 65.8 Å². The molecule has 0 spiro atoms. The van der Waals surface area contributed by atoms with Gasteiger partial charge in [-0.3, -0.25) is 14.0 Å². The number of aromatic nitrogens is 4. The normalized spacial score (nSPS) is 18.6. The third kappa shape index (κ3) is 5.26. The van der Waals surface area contributed by atoms with Crippen molar-refractivity contribution in [1.29, 1.82) is 0 Å². The van der Waals surface area contributed by atoms with Gasteiger partial charge in [-0.15, -0.1) is 0 Å². The highest BCUT2D eigenvalue weighted by molar-refractivity contribution is 6.05. The van der Waals surface area contributed by atoms with Crippen molar-refractivity contribution in [2.24, 2.45) is 0 Å². The summed E-state index contributed by atoms with van der Waals surface area (Å²) in [5.41, 5.74) is 1.36. The number of H-pyrrole nitrogens is 1. The van der Waals surface area contributed by atoms with Crippen molar-refractivity contribution >= 4 is 45.7 Å². The third-order valence-electron chi connectivity index (χ3n) is 8.03. The minimum absolute atomic E-state index is 0.00624. The van der Waals surface area contributed by atoms with Crippen LogP contribution >= 0.6 is 0 Å². The number of aromatic amines is 1. The first-order valence-electron chi connectivity index (χ1n) is 14.6. The molecule has 222 valence electrons. The van der Waals surface area contributed by atoms with Crippen LogP contribution in [0.25, 0.3) is 27.7 Å². The number of likely N-dealkylation sites (tertiary alicyclic amines) is 1. The van der Waals surface area contributed by atoms with E-state index >= 15 is 0 Å². The second kappa shape index (κ2) is 10.9. The summed E-state index contributed by atoms with van der Waals surface area (Å²) in [5, 5.41) is 3.20. The van der Waals surface area contributed by atoms with Crippen molar-refractivity contribution in [2.45, 2.75) is 51.7 Å². The van der Waals surface area contributed by atoms with Gasteiger partial charge in [-0.25, -0.2) is 9.78 Å². The molecular weight excluding hydrogens is 536 g/mol. The van der Waals surface area contributed by atoms with Crippen molar-refractivity contribution in [1.82, 2.24) is 34.5 Å². The summed E-state index contributed by atoms with van der Waals surface area (Å²) >= 11 is 0. The van der Waals surface area contributed by atoms with Gasteiger partial charge in [-0.1, -0.05) is 12.1 Å². The molecule has 5 heterocycles. The Bertz CT molecular complexity index is 1720. The van der Waals surface area contributed by atoms with Gasteiger partial charge in [0, 0.05) is 38.9 Å². The zero-order valence-electron chi connectivity index (χ0n) is 24.6. The molecule has 2 aliphatic heterocycles. The van der Waals surface area contributed by atoms with E-state index in [0.717, 1.165) is 56.5 Å². The van der Waals surface area contributed by atoms with Crippen LogP contribution in [0.2, 0.25) is 0 Å². The number of fused-ring (bicyclic) bond motifs is 5. The van der Waals surface area contributed by atoms with Crippen LogP contribution in [0.4, 0.5) is 10.7 Å². The minimum Gasteiger partial charge on any atom is -0.444 e. The van der Waals surface area contributed by atoms with Crippen LogP contribution in [-0.2, 0) is 4.74 Å². The van der Waals surface area contributed by atoms with Gasteiger partial charge in [0.05, 0.1) is 22.5 Å². The number of carbonyl (C=O) groups excluding carboxylic acids is 2. The molecule has 2 N–H and O–H groups in total. The average Bonchev–Trinajstić information content (AvgIpc) is 3.51. The summed E-state index contributed by atoms with van der Waals surface area (Å²) < 4.78 is 7.41. The predicted octanol–water partition coefficient (Wildman–Crippen LogP) is 3.00. The largest absolute Gasteiger partial charge is 0.444 e. The molecule has 4 aromatic rings. The number of rotatable bonds is 4. The third-order valence-corrected chi connectivity index (χ3v) is 8.03. The Hall–Kier alpha value is -4.19. The van der Waals surface area contributed by atoms with Crippen molar-refractivity contribution in [3.63, 3.8) is 0 Å². The van der Waals surface area contributed by atoms with Gasteiger partial charge in [0.1, 0.15) is 16.8 Å². The summed E-state index contributed by atoms with van der Waals surface area (Å²) in [4.78, 5) is 59.2. The van der Waals surface area contributed by atoms with Gasteiger partial charge in [0.2, 0.25) is 11.4 Å². The maximum absolute atomic E-state index is 13.9. The molecule has 6 rings (SSSR count). The van der Waals surface area contributed by atoms with E-state index in [2.05, 4.69) is 32.1 Å². The van der Waals surface area contributed by atoms with Gasteiger partial charge < -0.3 is 29.7 Å². The van der Waals surface area contributed by atoms with Crippen LogP contribution in [0.5, 0.6) is 0 Å². The Kier molecular flexibility index (Phi) is 7.25. The number of nitrogens with zero attached hydrogens (tertiary/aromatic N) is 6. The lowest BCUT2D eigenvalue weighted by Crippen LogP contribution is -2.45. The first kappa shape index (κ1) is 28.0. The van der Waals surface area contributed by atoms with Gasteiger partial charge >= 0.3 is 6.09 Å². The van der Waals surface area contributed by atoms with E-state index in [-0.39, 0.29) is 23.5 Å². The maximum Gasteiger partial charge on any atom is 0.410 e. The number of carbonyl (C=O) groups is 2. The molecule has 12 heteroatoms. The van der Waals surface area contributed by atoms with E-state index in [1.807, 2.05) is 49.4 Å². The maximum atomic E-state index is 13.9. The Morgan fingerprint density at radius 2 is 1.90 bits per heavy atom. The molecule has 1 atom stereocenters. The molecule has 42 heavy (non-hydrogen) atoms. The molecule has 0 aliphatic carbocycles. The molecule has 0 bridgehead atoms. The average molecular weight is 575 g/mol. The number of hydrogen-bond donors (Lipinski definition) is 2. The van der Waals surface area contributed by atoms with Crippen LogP contribution in [0.15, 0.2) is 35.3 Å². The lowest BCUT2D eigenvalue weighted by Gasteiger charge is -2.28. The summed E-state index contributed by atoms with van der Waals surface area (Å²) in [6.07, 6.45) is 3.69. The van der Waals surface area contributed by atoms with Crippen molar-refractivity contribution in [3.8, 4) is 0 Å². The number of ether oxygens (including phenoxy) is 1. The zero-order valence-corrected chi connectivity index (χ0v) is 24.6. The van der Waals surface area contributed by atoms with E-state index in [4.69, 9.17) is 9.72 Å². The van der Waals surface area contributed by atoms with Crippen molar-refractivity contribution in [2.75, 3.05) is 51.2 Å². The number of benzene rings is 1. The number of pyridine rings is 1. The molecule has 2 amide bonds. The van der Waals surface area contributed by atoms with E-state index in [0.29, 0.717) is 23.8 Å². The number of hydrogen-bond acceptors (Lipinski definition) is 8. The van der Waals surface area contributed by atoms with Crippen molar-refractivity contribution < 1.29 is 14.3 Å². The Morgan fingerprint density at radius 1 is 1.10 bits per heavy atom. The highest BCUT2D eigenvalue weighted by Crippen LogP contribution is 2.25. The van der Waals surface area contributed by atoms with Crippen molar-refractivity contribution in [3.05, 3.63) is 46.2 Å². The fourth-order valence-corrected chi connectivity index (χ4v) is 5.93. The Morgan fingerprint density at radius 3 is 2.71 bits per heavy atom. The summed E-state index contributed by atoms with van der Waals surface area (Å²) in [5.74, 6) is 0.0542. The molecule has 12 nitrogen and oxygen atoms in total. The fourth-order valence-electron chi connectivity index (χ4n) is 5.93. The zero-order chi connectivity index (χ0) is 29.6. The van der Waals surface area contributed by atoms with Gasteiger partial charge in [-0.2, -0.15) is 4.98 Å². The summed E-state index contributed by atoms with van der Waals surface area (Å²) in [7, 11) is 2.11.